The van der Waals surface area contributed by atoms with Gasteiger partial charge in [-0.15, -0.1) is 0 Å². The number of hydrogen-bond acceptors (Lipinski definition) is 2. The Hall–Kier alpha value is -1.99. The summed E-state index contributed by atoms with van der Waals surface area (Å²) < 4.78 is 0. The Kier molecular flexibility index (Phi) is 5.65. The first-order chi connectivity index (χ1) is 12.1. The minimum Gasteiger partial charge on any atom is -0.251 e. The minimum absolute atomic E-state index is 0.402. The van der Waals surface area contributed by atoms with Gasteiger partial charge in [0.25, 0.3) is 0 Å². The van der Waals surface area contributed by atoms with Gasteiger partial charge >= 0.3 is 0 Å². The summed E-state index contributed by atoms with van der Waals surface area (Å²) in [6.45, 7) is 6.27. The van der Waals surface area contributed by atoms with Crippen molar-refractivity contribution < 1.29 is 10.1 Å². The highest BCUT2D eigenvalue weighted by molar-refractivity contribution is 7.73. The van der Waals surface area contributed by atoms with Crippen molar-refractivity contribution in [1.82, 2.24) is 0 Å². The standard InChI is InChI=1S/C22H23O2P/c1-16-14-17(2)21(18(3)15-16)22(24-23)25(19-10-6-4-7-11-19)20-12-8-5-9-13-20/h4-15,22-23H,1-3H3. The Morgan fingerprint density at radius 2 is 1.20 bits per heavy atom. The van der Waals surface area contributed by atoms with Crippen LogP contribution in [0.4, 0.5) is 0 Å². The van der Waals surface area contributed by atoms with E-state index in [4.69, 9.17) is 4.89 Å². The van der Waals surface area contributed by atoms with E-state index < -0.39 is 13.8 Å². The Labute approximate surface area is 150 Å². The van der Waals surface area contributed by atoms with E-state index in [2.05, 4.69) is 57.2 Å². The second kappa shape index (κ2) is 7.93. The zero-order chi connectivity index (χ0) is 17.8. The molecule has 1 N–H and O–H groups in total. The molecule has 0 amide bonds. The van der Waals surface area contributed by atoms with Gasteiger partial charge < -0.3 is 0 Å². The molecule has 2 nitrogen and oxygen atoms in total. The topological polar surface area (TPSA) is 29.5 Å². The quantitative estimate of drug-likeness (QED) is 0.388. The lowest BCUT2D eigenvalue weighted by molar-refractivity contribution is -0.257. The minimum atomic E-state index is -0.905. The fourth-order valence-corrected chi connectivity index (χ4v) is 5.99. The molecule has 0 aromatic heterocycles. The van der Waals surface area contributed by atoms with Gasteiger partial charge in [0.15, 0.2) is 0 Å². The van der Waals surface area contributed by atoms with E-state index in [1.807, 2.05) is 36.4 Å². The normalized spacial score (nSPS) is 12.4. The predicted octanol–water partition coefficient (Wildman–Crippen LogP) is 5.23. The molecule has 3 rings (SSSR count). The molecule has 0 radical (unpaired) electrons. The van der Waals surface area contributed by atoms with Crippen LogP contribution in [-0.4, -0.2) is 5.26 Å². The van der Waals surface area contributed by atoms with Crippen molar-refractivity contribution in [2.45, 2.75) is 26.6 Å². The monoisotopic (exact) mass is 350 g/mol. The Morgan fingerprint density at radius 1 is 0.760 bits per heavy atom. The Morgan fingerprint density at radius 3 is 1.60 bits per heavy atom. The van der Waals surface area contributed by atoms with Crippen molar-refractivity contribution in [1.29, 1.82) is 0 Å². The highest BCUT2D eigenvalue weighted by Gasteiger charge is 2.29. The molecule has 1 atom stereocenters. The SMILES string of the molecule is Cc1cc(C)c(C(OO)P(c2ccccc2)c2ccccc2)c(C)c1. The summed E-state index contributed by atoms with van der Waals surface area (Å²) in [6.07, 6.45) is 0. The average molecular weight is 350 g/mol. The molecule has 0 saturated heterocycles. The maximum Gasteiger partial charge on any atom is 0.145 e. The van der Waals surface area contributed by atoms with Crippen LogP contribution >= 0.6 is 7.92 Å². The van der Waals surface area contributed by atoms with Crippen molar-refractivity contribution in [3.8, 4) is 0 Å². The summed E-state index contributed by atoms with van der Waals surface area (Å²) in [5, 5.41) is 12.3. The van der Waals surface area contributed by atoms with Crippen LogP contribution in [-0.2, 0) is 4.89 Å². The molecule has 3 heteroatoms. The van der Waals surface area contributed by atoms with Crippen molar-refractivity contribution in [3.05, 3.63) is 95.1 Å². The van der Waals surface area contributed by atoms with E-state index in [0.717, 1.165) is 16.7 Å². The molecular formula is C22H23O2P. The summed E-state index contributed by atoms with van der Waals surface area (Å²) in [4.78, 5) is 5.14. The lowest BCUT2D eigenvalue weighted by Gasteiger charge is -2.28. The fraction of sp³-hybridized carbons (Fsp3) is 0.182. The molecule has 0 heterocycles. The van der Waals surface area contributed by atoms with Crippen LogP contribution in [0.2, 0.25) is 0 Å². The molecule has 3 aromatic carbocycles. The molecular weight excluding hydrogens is 327 g/mol. The van der Waals surface area contributed by atoms with Crippen LogP contribution in [0.5, 0.6) is 0 Å². The molecule has 0 aliphatic heterocycles. The Balaban J connectivity index is 2.18. The number of aryl methyl sites for hydroxylation is 3. The largest absolute Gasteiger partial charge is 0.251 e. The van der Waals surface area contributed by atoms with Crippen LogP contribution < -0.4 is 10.6 Å². The summed E-state index contributed by atoms with van der Waals surface area (Å²) in [5.74, 6) is -0.402. The van der Waals surface area contributed by atoms with Crippen LogP contribution in [0.1, 0.15) is 28.1 Å². The fourth-order valence-electron chi connectivity index (χ4n) is 3.41. The molecule has 1 unspecified atom stereocenters. The number of rotatable bonds is 5. The van der Waals surface area contributed by atoms with Crippen molar-refractivity contribution in [3.63, 3.8) is 0 Å². The highest BCUT2D eigenvalue weighted by atomic mass is 31.1. The predicted molar refractivity (Wildman–Crippen MR) is 106 cm³/mol. The first-order valence-corrected chi connectivity index (χ1v) is 9.80. The zero-order valence-corrected chi connectivity index (χ0v) is 15.7. The van der Waals surface area contributed by atoms with E-state index in [1.165, 1.54) is 16.2 Å². The third-order valence-electron chi connectivity index (χ3n) is 4.39. The van der Waals surface area contributed by atoms with Gasteiger partial charge in [0.2, 0.25) is 0 Å². The second-order valence-corrected chi connectivity index (χ2v) is 8.55. The van der Waals surface area contributed by atoms with Gasteiger partial charge in [-0.05, 0) is 56.0 Å². The summed E-state index contributed by atoms with van der Waals surface area (Å²) in [6, 6.07) is 24.9. The summed E-state index contributed by atoms with van der Waals surface area (Å²) in [5.41, 5.74) is 4.60. The van der Waals surface area contributed by atoms with Crippen molar-refractivity contribution in [2.75, 3.05) is 0 Å². The smallest absolute Gasteiger partial charge is 0.145 e. The van der Waals surface area contributed by atoms with E-state index in [9.17, 15) is 5.26 Å². The second-order valence-electron chi connectivity index (χ2n) is 6.31. The molecule has 128 valence electrons. The maximum absolute atomic E-state index is 9.91. The van der Waals surface area contributed by atoms with Gasteiger partial charge in [-0.3, -0.25) is 5.26 Å². The van der Waals surface area contributed by atoms with E-state index >= 15 is 0 Å². The first kappa shape index (κ1) is 17.8. The van der Waals surface area contributed by atoms with Crippen LogP contribution in [0.15, 0.2) is 72.8 Å². The van der Waals surface area contributed by atoms with Crippen LogP contribution in [0.25, 0.3) is 0 Å². The third kappa shape index (κ3) is 3.82. The van der Waals surface area contributed by atoms with Gasteiger partial charge in [0.05, 0.1) is 0 Å². The summed E-state index contributed by atoms with van der Waals surface area (Å²) >= 11 is 0. The van der Waals surface area contributed by atoms with Crippen molar-refractivity contribution in [2.24, 2.45) is 0 Å². The number of benzene rings is 3. The zero-order valence-electron chi connectivity index (χ0n) is 14.8. The van der Waals surface area contributed by atoms with E-state index in [0.29, 0.717) is 0 Å². The molecule has 0 fully saturated rings. The lowest BCUT2D eigenvalue weighted by Crippen LogP contribution is -2.19. The third-order valence-corrected chi connectivity index (χ3v) is 6.92. The van der Waals surface area contributed by atoms with Gasteiger partial charge in [-0.25, -0.2) is 4.89 Å². The molecule has 0 bridgehead atoms. The van der Waals surface area contributed by atoms with Crippen molar-refractivity contribution >= 4 is 18.5 Å². The maximum atomic E-state index is 9.91. The van der Waals surface area contributed by atoms with Gasteiger partial charge in [0, 0.05) is 0 Å². The average Bonchev–Trinajstić information content (AvgIpc) is 2.61. The molecule has 0 spiro atoms. The van der Waals surface area contributed by atoms with Gasteiger partial charge in [0.1, 0.15) is 5.85 Å². The highest BCUT2D eigenvalue weighted by Crippen LogP contribution is 2.51. The number of hydrogen-bond donors (Lipinski definition) is 1. The lowest BCUT2D eigenvalue weighted by atomic mass is 10.0. The molecule has 0 aliphatic rings. The van der Waals surface area contributed by atoms with E-state index in [1.54, 1.807) is 0 Å². The van der Waals surface area contributed by atoms with E-state index in [-0.39, 0.29) is 0 Å². The van der Waals surface area contributed by atoms with Gasteiger partial charge in [-0.1, -0.05) is 78.4 Å². The van der Waals surface area contributed by atoms with Crippen LogP contribution in [0, 0.1) is 20.8 Å². The molecule has 3 aromatic rings. The first-order valence-electron chi connectivity index (χ1n) is 8.39. The Bertz CT molecular complexity index is 769. The summed E-state index contributed by atoms with van der Waals surface area (Å²) in [7, 11) is -0.905. The van der Waals surface area contributed by atoms with Crippen LogP contribution in [0.3, 0.4) is 0 Å². The molecule has 0 aliphatic carbocycles. The molecule has 25 heavy (non-hydrogen) atoms. The molecule has 0 saturated carbocycles. The van der Waals surface area contributed by atoms with Gasteiger partial charge in [-0.2, -0.15) is 0 Å².